The zero-order chi connectivity index (χ0) is 14.2. The number of rotatable bonds is 2. The summed E-state index contributed by atoms with van der Waals surface area (Å²) >= 11 is 9.40. The minimum Gasteiger partial charge on any atom is -0.421 e. The Morgan fingerprint density at radius 3 is 2.58 bits per heavy atom. The van der Waals surface area contributed by atoms with Crippen LogP contribution in [-0.2, 0) is 0 Å². The van der Waals surface area contributed by atoms with Crippen molar-refractivity contribution in [1.29, 1.82) is 0 Å². The van der Waals surface area contributed by atoms with E-state index in [0.29, 0.717) is 27.8 Å². The minimum absolute atomic E-state index is 0.332. The van der Waals surface area contributed by atoms with Crippen LogP contribution in [0.1, 0.15) is 27.4 Å². The van der Waals surface area contributed by atoms with Crippen LogP contribution >= 0.6 is 27.5 Å². The highest BCUT2D eigenvalue weighted by Crippen LogP contribution is 2.32. The third-order valence-electron chi connectivity index (χ3n) is 2.63. The molecular formula is C13H11BrClNO3. The molecule has 2 rings (SSSR count). The fourth-order valence-electron chi connectivity index (χ4n) is 1.74. The van der Waals surface area contributed by atoms with Crippen molar-refractivity contribution < 1.29 is 14.1 Å². The number of ether oxygens (including phenoxy) is 1. The van der Waals surface area contributed by atoms with Crippen LogP contribution in [0, 0.1) is 20.8 Å². The Kier molecular flexibility index (Phi) is 3.96. The second-order valence-corrected chi connectivity index (χ2v) is 5.45. The van der Waals surface area contributed by atoms with E-state index in [4.69, 9.17) is 20.9 Å². The van der Waals surface area contributed by atoms with E-state index in [1.807, 2.05) is 13.0 Å². The SMILES string of the molecule is Cc1cc(Br)cc(Cl)c1OC(=O)c1c(C)noc1C. The van der Waals surface area contributed by atoms with Crippen molar-refractivity contribution in [2.75, 3.05) is 0 Å². The molecule has 100 valence electrons. The van der Waals surface area contributed by atoms with Gasteiger partial charge in [0.15, 0.2) is 5.75 Å². The summed E-state index contributed by atoms with van der Waals surface area (Å²) in [4.78, 5) is 12.1. The summed E-state index contributed by atoms with van der Waals surface area (Å²) in [7, 11) is 0. The molecule has 1 aromatic carbocycles. The number of hydrogen-bond acceptors (Lipinski definition) is 4. The quantitative estimate of drug-likeness (QED) is 0.604. The van der Waals surface area contributed by atoms with Crippen molar-refractivity contribution in [3.63, 3.8) is 0 Å². The van der Waals surface area contributed by atoms with Crippen molar-refractivity contribution in [3.8, 4) is 5.75 Å². The molecule has 0 aliphatic carbocycles. The van der Waals surface area contributed by atoms with Crippen LogP contribution in [0.5, 0.6) is 5.75 Å². The third kappa shape index (κ3) is 2.82. The fourth-order valence-corrected chi connectivity index (χ4v) is 2.75. The molecule has 2 aromatic rings. The average molecular weight is 345 g/mol. The lowest BCUT2D eigenvalue weighted by Crippen LogP contribution is -2.11. The number of hydrogen-bond donors (Lipinski definition) is 0. The molecule has 0 bridgehead atoms. The predicted molar refractivity (Wildman–Crippen MR) is 74.8 cm³/mol. The number of aromatic nitrogens is 1. The van der Waals surface area contributed by atoms with E-state index < -0.39 is 5.97 Å². The van der Waals surface area contributed by atoms with Gasteiger partial charge in [-0.3, -0.25) is 0 Å². The maximum atomic E-state index is 12.1. The summed E-state index contributed by atoms with van der Waals surface area (Å²) in [6.07, 6.45) is 0. The summed E-state index contributed by atoms with van der Waals surface area (Å²) in [5, 5.41) is 4.09. The Balaban J connectivity index is 2.35. The lowest BCUT2D eigenvalue weighted by molar-refractivity contribution is 0.0731. The Labute approximate surface area is 123 Å². The van der Waals surface area contributed by atoms with Crippen LogP contribution in [0.2, 0.25) is 5.02 Å². The topological polar surface area (TPSA) is 52.3 Å². The van der Waals surface area contributed by atoms with Crippen LogP contribution in [0.15, 0.2) is 21.1 Å². The molecule has 0 saturated heterocycles. The molecule has 0 N–H and O–H groups in total. The highest BCUT2D eigenvalue weighted by Gasteiger charge is 2.21. The molecule has 1 aromatic heterocycles. The number of benzene rings is 1. The molecule has 0 amide bonds. The van der Waals surface area contributed by atoms with E-state index >= 15 is 0 Å². The van der Waals surface area contributed by atoms with E-state index in [0.717, 1.165) is 10.0 Å². The lowest BCUT2D eigenvalue weighted by Gasteiger charge is -2.09. The minimum atomic E-state index is -0.524. The number of aryl methyl sites for hydroxylation is 3. The molecule has 4 nitrogen and oxygen atoms in total. The van der Waals surface area contributed by atoms with Gasteiger partial charge in [0.05, 0.1) is 10.7 Å². The Bertz CT molecular complexity index is 609. The summed E-state index contributed by atoms with van der Waals surface area (Å²) in [5.74, 6) is 0.242. The standard InChI is InChI=1S/C13H11BrClNO3/c1-6-4-9(14)5-10(15)12(6)18-13(17)11-7(2)16-19-8(11)3/h4-5H,1-3H3. The smallest absolute Gasteiger partial charge is 0.349 e. The van der Waals surface area contributed by atoms with E-state index in [1.165, 1.54) is 0 Å². The number of carbonyl (C=O) groups excluding carboxylic acids is 1. The maximum absolute atomic E-state index is 12.1. The van der Waals surface area contributed by atoms with Gasteiger partial charge in [-0.2, -0.15) is 0 Å². The summed E-state index contributed by atoms with van der Waals surface area (Å²) in [6, 6.07) is 3.49. The van der Waals surface area contributed by atoms with Gasteiger partial charge in [0.1, 0.15) is 11.3 Å². The molecule has 0 spiro atoms. The van der Waals surface area contributed by atoms with Crippen molar-refractivity contribution in [1.82, 2.24) is 5.16 Å². The van der Waals surface area contributed by atoms with Gasteiger partial charge in [-0.05, 0) is 38.5 Å². The molecule has 1 heterocycles. The van der Waals surface area contributed by atoms with Gasteiger partial charge < -0.3 is 9.26 Å². The third-order valence-corrected chi connectivity index (χ3v) is 3.36. The molecule has 0 fully saturated rings. The molecule has 6 heteroatoms. The lowest BCUT2D eigenvalue weighted by atomic mass is 10.2. The molecular weight excluding hydrogens is 334 g/mol. The predicted octanol–water partition coefficient (Wildman–Crippen LogP) is 4.23. The zero-order valence-corrected chi connectivity index (χ0v) is 12.9. The highest BCUT2D eigenvalue weighted by molar-refractivity contribution is 9.10. The second-order valence-electron chi connectivity index (χ2n) is 4.12. The van der Waals surface area contributed by atoms with E-state index in [-0.39, 0.29) is 0 Å². The van der Waals surface area contributed by atoms with Crippen LogP contribution in [0.25, 0.3) is 0 Å². The van der Waals surface area contributed by atoms with Gasteiger partial charge in [-0.25, -0.2) is 4.79 Å². The van der Waals surface area contributed by atoms with Gasteiger partial charge in [0.25, 0.3) is 0 Å². The van der Waals surface area contributed by atoms with Crippen molar-refractivity contribution in [2.24, 2.45) is 0 Å². The number of halogens is 2. The first-order valence-electron chi connectivity index (χ1n) is 5.51. The fraction of sp³-hybridized carbons (Fsp3) is 0.231. The summed E-state index contributed by atoms with van der Waals surface area (Å²) in [5.41, 5.74) is 1.59. The van der Waals surface area contributed by atoms with Crippen molar-refractivity contribution in [3.05, 3.63) is 44.2 Å². The first kappa shape index (κ1) is 14.1. The van der Waals surface area contributed by atoms with Gasteiger partial charge in [-0.1, -0.05) is 32.7 Å². The van der Waals surface area contributed by atoms with Crippen LogP contribution < -0.4 is 4.74 Å². The average Bonchev–Trinajstić information content (AvgIpc) is 2.63. The molecule has 0 unspecified atom stereocenters. The molecule has 0 radical (unpaired) electrons. The summed E-state index contributed by atoms with van der Waals surface area (Å²) in [6.45, 7) is 5.16. The molecule has 0 atom stereocenters. The van der Waals surface area contributed by atoms with Crippen LogP contribution in [0.4, 0.5) is 0 Å². The highest BCUT2D eigenvalue weighted by atomic mass is 79.9. The molecule has 0 aliphatic rings. The Morgan fingerprint density at radius 1 is 1.37 bits per heavy atom. The number of nitrogens with zero attached hydrogens (tertiary/aromatic N) is 1. The van der Waals surface area contributed by atoms with Crippen LogP contribution in [-0.4, -0.2) is 11.1 Å². The molecule has 19 heavy (non-hydrogen) atoms. The normalized spacial score (nSPS) is 10.6. The summed E-state index contributed by atoms with van der Waals surface area (Å²) < 4.78 is 11.1. The number of esters is 1. The van der Waals surface area contributed by atoms with Crippen molar-refractivity contribution >= 4 is 33.5 Å². The van der Waals surface area contributed by atoms with Gasteiger partial charge in [-0.15, -0.1) is 0 Å². The first-order chi connectivity index (χ1) is 8.90. The van der Waals surface area contributed by atoms with Gasteiger partial charge in [0, 0.05) is 4.47 Å². The van der Waals surface area contributed by atoms with E-state index in [1.54, 1.807) is 19.9 Å². The van der Waals surface area contributed by atoms with E-state index in [2.05, 4.69) is 21.1 Å². The van der Waals surface area contributed by atoms with E-state index in [9.17, 15) is 4.79 Å². The Morgan fingerprint density at radius 2 is 2.05 bits per heavy atom. The zero-order valence-electron chi connectivity index (χ0n) is 10.6. The van der Waals surface area contributed by atoms with Crippen LogP contribution in [0.3, 0.4) is 0 Å². The molecule has 0 saturated carbocycles. The Hall–Kier alpha value is -1.33. The maximum Gasteiger partial charge on any atom is 0.349 e. The van der Waals surface area contributed by atoms with Gasteiger partial charge >= 0.3 is 5.97 Å². The van der Waals surface area contributed by atoms with Crippen molar-refractivity contribution in [2.45, 2.75) is 20.8 Å². The number of carbonyl (C=O) groups is 1. The van der Waals surface area contributed by atoms with Gasteiger partial charge in [0.2, 0.25) is 0 Å². The second kappa shape index (κ2) is 5.35. The first-order valence-corrected chi connectivity index (χ1v) is 6.68. The largest absolute Gasteiger partial charge is 0.421 e. The monoisotopic (exact) mass is 343 g/mol. The molecule has 0 aliphatic heterocycles.